The molecular weight excluding hydrogens is 344 g/mol. The number of para-hydroxylation sites is 1. The monoisotopic (exact) mass is 360 g/mol. The average Bonchev–Trinajstić information content (AvgIpc) is 3.04. The molecule has 0 saturated carbocycles. The molecule has 3 N–H and O–H groups in total. The second-order valence-corrected chi connectivity index (χ2v) is 5.58. The molecule has 0 atom stereocenters. The number of nitrogens with zero attached hydrogens (tertiary/aromatic N) is 4. The number of methoxy groups -OCH3 is 1. The molecule has 8 nitrogen and oxygen atoms in total. The van der Waals surface area contributed by atoms with E-state index in [-0.39, 0.29) is 5.95 Å². The van der Waals surface area contributed by atoms with Crippen LogP contribution in [0.3, 0.4) is 0 Å². The molecule has 0 unspecified atom stereocenters. The fourth-order valence-corrected chi connectivity index (χ4v) is 2.35. The average molecular weight is 361 g/mol. The summed E-state index contributed by atoms with van der Waals surface area (Å²) in [7, 11) is 1.60. The Balaban J connectivity index is 1.76. The number of nitrogen functional groups attached to an aromatic ring is 1. The third-order valence-corrected chi connectivity index (χ3v) is 3.74. The molecule has 1 heterocycles. The van der Waals surface area contributed by atoms with Gasteiger partial charge in [0.25, 0.3) is 5.95 Å². The van der Waals surface area contributed by atoms with E-state index in [0.717, 1.165) is 11.1 Å². The predicted octanol–water partition coefficient (Wildman–Crippen LogP) is 2.24. The molecule has 9 heteroatoms. The Bertz CT molecular complexity index is 837. The second kappa shape index (κ2) is 7.71. The van der Waals surface area contributed by atoms with Crippen molar-refractivity contribution < 1.29 is 9.47 Å². The van der Waals surface area contributed by atoms with Crippen LogP contribution in [-0.2, 0) is 13.2 Å². The van der Waals surface area contributed by atoms with Gasteiger partial charge in [-0.05, 0) is 34.2 Å². The number of hydrogen-bond donors (Lipinski definition) is 2. The zero-order chi connectivity index (χ0) is 17.6. The molecule has 0 spiro atoms. The summed E-state index contributed by atoms with van der Waals surface area (Å²) in [5.41, 5.74) is 10.5. The quantitative estimate of drug-likeness (QED) is 0.666. The van der Waals surface area contributed by atoms with Gasteiger partial charge in [-0.2, -0.15) is 0 Å². The standard InChI is InChI=1S/C16H17ClN6O2/c1-24-14-4-2-3-12(9-19-23-16(18)20-21-22-23)15(14)25-10-11-5-7-13(17)8-6-11/h2-8,19H,9-10H2,1H3,(H2,18,20,22). The molecule has 3 rings (SSSR count). The van der Waals surface area contributed by atoms with Gasteiger partial charge in [-0.3, -0.25) is 0 Å². The lowest BCUT2D eigenvalue weighted by Gasteiger charge is -2.16. The minimum absolute atomic E-state index is 0.173. The number of halogens is 1. The van der Waals surface area contributed by atoms with Crippen molar-refractivity contribution >= 4 is 17.5 Å². The lowest BCUT2D eigenvalue weighted by atomic mass is 10.2. The van der Waals surface area contributed by atoms with Crippen molar-refractivity contribution in [1.29, 1.82) is 0 Å². The van der Waals surface area contributed by atoms with Crippen LogP contribution >= 0.6 is 11.6 Å². The van der Waals surface area contributed by atoms with Gasteiger partial charge in [0, 0.05) is 10.6 Å². The molecule has 0 fully saturated rings. The topological polar surface area (TPSA) is 100 Å². The van der Waals surface area contributed by atoms with E-state index < -0.39 is 0 Å². The summed E-state index contributed by atoms with van der Waals surface area (Å²) in [6, 6.07) is 13.1. The van der Waals surface area contributed by atoms with Crippen LogP contribution in [0, 0.1) is 0 Å². The SMILES string of the molecule is COc1cccc(CNn2nnnc2N)c1OCc1ccc(Cl)cc1. The first kappa shape index (κ1) is 16.8. The number of nitrogens with two attached hydrogens (primary N) is 1. The van der Waals surface area contributed by atoms with Gasteiger partial charge >= 0.3 is 0 Å². The van der Waals surface area contributed by atoms with E-state index in [4.69, 9.17) is 26.8 Å². The van der Waals surface area contributed by atoms with Crippen LogP contribution in [0.5, 0.6) is 11.5 Å². The summed E-state index contributed by atoms with van der Waals surface area (Å²) in [5, 5.41) is 11.5. The highest BCUT2D eigenvalue weighted by atomic mass is 35.5. The molecule has 1 aromatic heterocycles. The van der Waals surface area contributed by atoms with Gasteiger partial charge < -0.3 is 20.6 Å². The maximum absolute atomic E-state index is 5.98. The largest absolute Gasteiger partial charge is 0.493 e. The normalized spacial score (nSPS) is 10.5. The first-order valence-corrected chi connectivity index (χ1v) is 7.86. The van der Waals surface area contributed by atoms with Gasteiger partial charge in [-0.1, -0.05) is 41.0 Å². The summed E-state index contributed by atoms with van der Waals surface area (Å²) in [4.78, 5) is 1.29. The molecule has 0 aliphatic rings. The van der Waals surface area contributed by atoms with E-state index in [1.165, 1.54) is 4.79 Å². The zero-order valence-electron chi connectivity index (χ0n) is 13.5. The van der Waals surface area contributed by atoms with Crippen LogP contribution in [0.2, 0.25) is 5.02 Å². The van der Waals surface area contributed by atoms with Gasteiger partial charge in [0.05, 0.1) is 13.7 Å². The molecule has 0 aliphatic heterocycles. The van der Waals surface area contributed by atoms with Crippen LogP contribution in [-0.4, -0.2) is 27.4 Å². The van der Waals surface area contributed by atoms with E-state index in [0.29, 0.717) is 29.7 Å². The van der Waals surface area contributed by atoms with Crippen LogP contribution < -0.4 is 20.6 Å². The minimum Gasteiger partial charge on any atom is -0.493 e. The van der Waals surface area contributed by atoms with Crippen LogP contribution in [0.15, 0.2) is 42.5 Å². The Morgan fingerprint density at radius 1 is 1.20 bits per heavy atom. The number of benzene rings is 2. The summed E-state index contributed by atoms with van der Waals surface area (Å²) < 4.78 is 11.4. The van der Waals surface area contributed by atoms with Crippen molar-refractivity contribution in [2.45, 2.75) is 13.2 Å². The van der Waals surface area contributed by atoms with Crippen molar-refractivity contribution in [1.82, 2.24) is 20.3 Å². The van der Waals surface area contributed by atoms with Gasteiger partial charge in [0.15, 0.2) is 11.5 Å². The number of ether oxygens (including phenoxy) is 2. The Morgan fingerprint density at radius 2 is 2.00 bits per heavy atom. The van der Waals surface area contributed by atoms with E-state index in [1.807, 2.05) is 42.5 Å². The summed E-state index contributed by atoms with van der Waals surface area (Å²) >= 11 is 5.91. The van der Waals surface area contributed by atoms with Crippen molar-refractivity contribution in [3.63, 3.8) is 0 Å². The molecule has 0 radical (unpaired) electrons. The van der Waals surface area contributed by atoms with Crippen molar-refractivity contribution in [2.75, 3.05) is 18.3 Å². The summed E-state index contributed by atoms with van der Waals surface area (Å²) in [6.07, 6.45) is 0. The van der Waals surface area contributed by atoms with E-state index >= 15 is 0 Å². The Labute approximate surface area is 149 Å². The maximum Gasteiger partial charge on any atom is 0.260 e. The van der Waals surface area contributed by atoms with E-state index in [9.17, 15) is 0 Å². The smallest absolute Gasteiger partial charge is 0.260 e. The number of aromatic nitrogens is 4. The van der Waals surface area contributed by atoms with Crippen molar-refractivity contribution in [3.8, 4) is 11.5 Å². The Hall–Kier alpha value is -3.00. The van der Waals surface area contributed by atoms with Gasteiger partial charge in [0.2, 0.25) is 0 Å². The summed E-state index contributed by atoms with van der Waals surface area (Å²) in [6.45, 7) is 0.792. The number of nitrogens with one attached hydrogen (secondary N) is 1. The van der Waals surface area contributed by atoms with Gasteiger partial charge in [-0.15, -0.1) is 4.79 Å². The van der Waals surface area contributed by atoms with E-state index in [2.05, 4.69) is 21.0 Å². The number of tetrazole rings is 1. The molecule has 0 amide bonds. The molecule has 3 aromatic rings. The van der Waals surface area contributed by atoms with Crippen LogP contribution in [0.1, 0.15) is 11.1 Å². The van der Waals surface area contributed by atoms with Gasteiger partial charge in [0.1, 0.15) is 6.61 Å². The molecule has 2 aromatic carbocycles. The lowest BCUT2D eigenvalue weighted by Crippen LogP contribution is -2.19. The summed E-state index contributed by atoms with van der Waals surface area (Å²) in [5.74, 6) is 1.45. The lowest BCUT2D eigenvalue weighted by molar-refractivity contribution is 0.281. The first-order chi connectivity index (χ1) is 12.2. The molecule has 130 valence electrons. The molecule has 0 bridgehead atoms. The third-order valence-electron chi connectivity index (χ3n) is 3.49. The maximum atomic E-state index is 5.98. The van der Waals surface area contributed by atoms with Crippen molar-refractivity contribution in [2.24, 2.45) is 0 Å². The number of hydrogen-bond acceptors (Lipinski definition) is 7. The predicted molar refractivity (Wildman–Crippen MR) is 94.1 cm³/mol. The highest BCUT2D eigenvalue weighted by Crippen LogP contribution is 2.32. The zero-order valence-corrected chi connectivity index (χ0v) is 14.3. The van der Waals surface area contributed by atoms with Crippen LogP contribution in [0.25, 0.3) is 0 Å². The highest BCUT2D eigenvalue weighted by molar-refractivity contribution is 6.30. The highest BCUT2D eigenvalue weighted by Gasteiger charge is 2.12. The molecule has 0 aliphatic carbocycles. The third kappa shape index (κ3) is 4.10. The molecule has 0 saturated heterocycles. The van der Waals surface area contributed by atoms with Crippen molar-refractivity contribution in [3.05, 3.63) is 58.6 Å². The van der Waals surface area contributed by atoms with E-state index in [1.54, 1.807) is 7.11 Å². The molecule has 25 heavy (non-hydrogen) atoms. The molecular formula is C16H17ClN6O2. The van der Waals surface area contributed by atoms with Gasteiger partial charge in [-0.25, -0.2) is 0 Å². The Kier molecular flexibility index (Phi) is 5.20. The minimum atomic E-state index is 0.173. The fraction of sp³-hybridized carbons (Fsp3) is 0.188. The number of anilines is 1. The fourth-order valence-electron chi connectivity index (χ4n) is 2.23. The Morgan fingerprint density at radius 3 is 2.68 bits per heavy atom. The number of rotatable bonds is 7. The first-order valence-electron chi connectivity index (χ1n) is 7.48. The van der Waals surface area contributed by atoms with Crippen LogP contribution in [0.4, 0.5) is 5.95 Å². The second-order valence-electron chi connectivity index (χ2n) is 5.15.